The first kappa shape index (κ1) is 12.6. The quantitative estimate of drug-likeness (QED) is 0.829. The third-order valence-electron chi connectivity index (χ3n) is 2.27. The van der Waals surface area contributed by atoms with Crippen LogP contribution >= 0.6 is 11.8 Å². The molecule has 94 valence electrons. The first-order valence-corrected chi connectivity index (χ1v) is 6.44. The molecule has 0 aliphatic heterocycles. The Labute approximate surface area is 109 Å². The van der Waals surface area contributed by atoms with Gasteiger partial charge < -0.3 is 5.32 Å². The zero-order valence-corrected chi connectivity index (χ0v) is 11.0. The average Bonchev–Trinajstić information content (AvgIpc) is 2.76. The highest BCUT2D eigenvalue weighted by atomic mass is 32.2. The lowest BCUT2D eigenvalue weighted by Gasteiger charge is -2.09. The van der Waals surface area contributed by atoms with Gasteiger partial charge in [0.15, 0.2) is 0 Å². The molecule has 0 fully saturated rings. The Morgan fingerprint density at radius 3 is 2.72 bits per heavy atom. The minimum Gasteiger partial charge on any atom is -0.325 e. The number of rotatable bonds is 4. The number of thioether (sulfide) groups is 1. The summed E-state index contributed by atoms with van der Waals surface area (Å²) >= 11 is 1.33. The number of aromatic amines is 1. The van der Waals surface area contributed by atoms with Crippen molar-refractivity contribution in [3.63, 3.8) is 0 Å². The van der Waals surface area contributed by atoms with E-state index < -0.39 is 0 Å². The molecule has 0 aliphatic carbocycles. The van der Waals surface area contributed by atoms with E-state index in [4.69, 9.17) is 0 Å². The summed E-state index contributed by atoms with van der Waals surface area (Å²) < 4.78 is 0. The fraction of sp³-hybridized carbons (Fsp3) is 0.250. The van der Waals surface area contributed by atoms with Crippen LogP contribution in [0.1, 0.15) is 12.7 Å². The Bertz CT molecular complexity index is 526. The van der Waals surface area contributed by atoms with E-state index in [2.05, 4.69) is 20.5 Å². The Morgan fingerprint density at radius 1 is 1.39 bits per heavy atom. The molecule has 1 heterocycles. The van der Waals surface area contributed by atoms with Crippen molar-refractivity contribution in [1.29, 1.82) is 0 Å². The first-order valence-electron chi connectivity index (χ1n) is 5.57. The smallest absolute Gasteiger partial charge is 0.237 e. The van der Waals surface area contributed by atoms with E-state index in [0.29, 0.717) is 5.16 Å². The van der Waals surface area contributed by atoms with Crippen LogP contribution in [0.2, 0.25) is 0 Å². The molecule has 6 heteroatoms. The fourth-order valence-electron chi connectivity index (χ4n) is 1.35. The van der Waals surface area contributed by atoms with Gasteiger partial charge in [-0.2, -0.15) is 0 Å². The molecule has 0 saturated carbocycles. The first-order chi connectivity index (χ1) is 8.65. The summed E-state index contributed by atoms with van der Waals surface area (Å²) in [6.07, 6.45) is 0. The van der Waals surface area contributed by atoms with Gasteiger partial charge in [-0.3, -0.25) is 9.89 Å². The number of aryl methyl sites for hydroxylation is 1. The van der Waals surface area contributed by atoms with Crippen LogP contribution in [0.3, 0.4) is 0 Å². The molecule has 18 heavy (non-hydrogen) atoms. The van der Waals surface area contributed by atoms with Crippen LogP contribution in [0.5, 0.6) is 0 Å². The van der Waals surface area contributed by atoms with E-state index in [1.807, 2.05) is 44.2 Å². The van der Waals surface area contributed by atoms with Gasteiger partial charge in [0, 0.05) is 5.69 Å². The number of carbonyl (C=O) groups is 1. The topological polar surface area (TPSA) is 70.7 Å². The Balaban J connectivity index is 1.93. The molecule has 1 atom stereocenters. The highest BCUT2D eigenvalue weighted by Crippen LogP contribution is 2.20. The van der Waals surface area contributed by atoms with Gasteiger partial charge in [0.25, 0.3) is 0 Å². The molecule has 0 spiro atoms. The second-order valence-corrected chi connectivity index (χ2v) is 5.13. The van der Waals surface area contributed by atoms with Crippen molar-refractivity contribution < 1.29 is 4.79 Å². The number of hydrogen-bond donors (Lipinski definition) is 2. The largest absolute Gasteiger partial charge is 0.325 e. The van der Waals surface area contributed by atoms with Gasteiger partial charge in [0.2, 0.25) is 11.1 Å². The van der Waals surface area contributed by atoms with Crippen molar-refractivity contribution in [2.24, 2.45) is 0 Å². The number of benzene rings is 1. The lowest BCUT2D eigenvalue weighted by atomic mass is 10.3. The molecule has 1 unspecified atom stereocenters. The van der Waals surface area contributed by atoms with Crippen LogP contribution in [0.25, 0.3) is 0 Å². The monoisotopic (exact) mass is 262 g/mol. The molecule has 1 aromatic heterocycles. The number of H-pyrrole nitrogens is 1. The number of nitrogens with one attached hydrogen (secondary N) is 2. The normalized spacial score (nSPS) is 12.1. The molecule has 0 saturated heterocycles. The molecule has 1 amide bonds. The van der Waals surface area contributed by atoms with E-state index in [9.17, 15) is 4.79 Å². The second kappa shape index (κ2) is 5.68. The summed E-state index contributed by atoms with van der Waals surface area (Å²) in [6, 6.07) is 9.38. The SMILES string of the molecule is Cc1nc(SC(C)C(=O)Nc2ccccc2)n[nH]1. The van der Waals surface area contributed by atoms with Crippen LogP contribution < -0.4 is 5.32 Å². The molecule has 5 nitrogen and oxygen atoms in total. The van der Waals surface area contributed by atoms with Crippen molar-refractivity contribution in [3.05, 3.63) is 36.2 Å². The zero-order chi connectivity index (χ0) is 13.0. The van der Waals surface area contributed by atoms with Crippen molar-refractivity contribution in [2.45, 2.75) is 24.3 Å². The molecule has 1 aromatic carbocycles. The molecular formula is C12H14N4OS. The number of aromatic nitrogens is 3. The highest BCUT2D eigenvalue weighted by molar-refractivity contribution is 8.00. The van der Waals surface area contributed by atoms with Crippen molar-refractivity contribution in [2.75, 3.05) is 5.32 Å². The van der Waals surface area contributed by atoms with Gasteiger partial charge in [-0.15, -0.1) is 5.10 Å². The number of para-hydroxylation sites is 1. The molecule has 2 aromatic rings. The Kier molecular flexibility index (Phi) is 3.99. The standard InChI is InChI=1S/C12H14N4OS/c1-8(18-12-13-9(2)15-16-12)11(17)14-10-6-4-3-5-7-10/h3-8H,1-2H3,(H,14,17)(H,13,15,16). The number of nitrogens with zero attached hydrogens (tertiary/aromatic N) is 2. The molecule has 0 radical (unpaired) electrons. The van der Waals surface area contributed by atoms with Gasteiger partial charge in [-0.05, 0) is 26.0 Å². The van der Waals surface area contributed by atoms with Crippen LogP contribution in [-0.2, 0) is 4.79 Å². The van der Waals surface area contributed by atoms with Crippen LogP contribution in [0, 0.1) is 6.92 Å². The van der Waals surface area contributed by atoms with E-state index in [1.165, 1.54) is 11.8 Å². The summed E-state index contributed by atoms with van der Waals surface area (Å²) in [5.74, 6) is 0.682. The predicted octanol–water partition coefficient (Wildman–Crippen LogP) is 2.23. The molecule has 0 bridgehead atoms. The summed E-state index contributed by atoms with van der Waals surface area (Å²) in [7, 11) is 0. The summed E-state index contributed by atoms with van der Waals surface area (Å²) in [4.78, 5) is 16.1. The lowest BCUT2D eigenvalue weighted by molar-refractivity contribution is -0.115. The molecule has 0 aliphatic rings. The summed E-state index contributed by atoms with van der Waals surface area (Å²) in [5.41, 5.74) is 0.793. The number of carbonyl (C=O) groups excluding carboxylic acids is 1. The molecular weight excluding hydrogens is 248 g/mol. The third kappa shape index (κ3) is 3.33. The third-order valence-corrected chi connectivity index (χ3v) is 3.23. The van der Waals surface area contributed by atoms with Crippen LogP contribution in [0.4, 0.5) is 5.69 Å². The predicted molar refractivity (Wildman–Crippen MR) is 71.5 cm³/mol. The van der Waals surface area contributed by atoms with E-state index in [-0.39, 0.29) is 11.2 Å². The van der Waals surface area contributed by atoms with Gasteiger partial charge in [0.1, 0.15) is 5.82 Å². The van der Waals surface area contributed by atoms with E-state index in [1.54, 1.807) is 0 Å². The molecule has 2 rings (SSSR count). The summed E-state index contributed by atoms with van der Waals surface area (Å²) in [5, 5.41) is 9.92. The van der Waals surface area contributed by atoms with Gasteiger partial charge >= 0.3 is 0 Å². The van der Waals surface area contributed by atoms with E-state index in [0.717, 1.165) is 11.5 Å². The van der Waals surface area contributed by atoms with Crippen LogP contribution in [0.15, 0.2) is 35.5 Å². The second-order valence-electron chi connectivity index (χ2n) is 3.82. The minimum atomic E-state index is -0.250. The maximum atomic E-state index is 11.9. The number of anilines is 1. The van der Waals surface area contributed by atoms with Crippen molar-refractivity contribution in [3.8, 4) is 0 Å². The minimum absolute atomic E-state index is 0.0614. The van der Waals surface area contributed by atoms with Gasteiger partial charge in [0.05, 0.1) is 5.25 Å². The van der Waals surface area contributed by atoms with Crippen molar-refractivity contribution in [1.82, 2.24) is 15.2 Å². The number of amides is 1. The van der Waals surface area contributed by atoms with Gasteiger partial charge in [-0.1, -0.05) is 30.0 Å². The zero-order valence-electron chi connectivity index (χ0n) is 10.2. The Morgan fingerprint density at radius 2 is 2.11 bits per heavy atom. The maximum Gasteiger partial charge on any atom is 0.237 e. The molecule has 2 N–H and O–H groups in total. The van der Waals surface area contributed by atoms with Crippen molar-refractivity contribution >= 4 is 23.4 Å². The lowest BCUT2D eigenvalue weighted by Crippen LogP contribution is -2.22. The fourth-order valence-corrected chi connectivity index (χ4v) is 2.12. The Hall–Kier alpha value is -1.82. The van der Waals surface area contributed by atoms with Crippen LogP contribution in [-0.4, -0.2) is 26.3 Å². The highest BCUT2D eigenvalue weighted by Gasteiger charge is 2.16. The van der Waals surface area contributed by atoms with Gasteiger partial charge in [-0.25, -0.2) is 4.98 Å². The average molecular weight is 262 g/mol. The maximum absolute atomic E-state index is 11.9. The summed E-state index contributed by atoms with van der Waals surface area (Å²) in [6.45, 7) is 3.65. The van der Waals surface area contributed by atoms with E-state index >= 15 is 0 Å². The number of hydrogen-bond acceptors (Lipinski definition) is 4.